The molecule has 0 spiro atoms. The van der Waals surface area contributed by atoms with Gasteiger partial charge in [0, 0.05) is 18.3 Å². The molecule has 2 aliphatic rings. The molecule has 1 aromatic rings. The minimum Gasteiger partial charge on any atom is -0.398 e. The Morgan fingerprint density at radius 3 is 2.29 bits per heavy atom. The lowest BCUT2D eigenvalue weighted by Gasteiger charge is -2.25. The minimum atomic E-state index is -3.44. The van der Waals surface area contributed by atoms with Crippen LogP contribution in [0.25, 0.3) is 0 Å². The van der Waals surface area contributed by atoms with Crippen LogP contribution >= 0.6 is 0 Å². The van der Waals surface area contributed by atoms with Crippen molar-refractivity contribution >= 4 is 15.7 Å². The first-order valence-corrected chi connectivity index (χ1v) is 9.14. The highest BCUT2D eigenvalue weighted by Crippen LogP contribution is 2.40. The second-order valence-corrected chi connectivity index (χ2v) is 8.45. The first kappa shape index (κ1) is 14.9. The molecule has 0 atom stereocenters. The van der Waals surface area contributed by atoms with Crippen LogP contribution in [-0.4, -0.2) is 25.3 Å². The fraction of sp³-hybridized carbons (Fsp3) is 0.625. The predicted octanol–water partition coefficient (Wildman–Crippen LogP) is 2.76. The lowest BCUT2D eigenvalue weighted by Crippen LogP contribution is -2.35. The van der Waals surface area contributed by atoms with Crippen LogP contribution in [0.2, 0.25) is 0 Å². The van der Waals surface area contributed by atoms with E-state index in [9.17, 15) is 8.42 Å². The van der Waals surface area contributed by atoms with E-state index in [1.165, 1.54) is 0 Å². The summed E-state index contributed by atoms with van der Waals surface area (Å²) in [5.41, 5.74) is 9.13. The quantitative estimate of drug-likeness (QED) is 0.851. The molecule has 4 nitrogen and oxygen atoms in total. The normalized spacial score (nSPS) is 19.2. The Morgan fingerprint density at radius 1 is 1.14 bits per heavy atom. The van der Waals surface area contributed by atoms with E-state index in [-0.39, 0.29) is 6.04 Å². The van der Waals surface area contributed by atoms with Gasteiger partial charge in [-0.25, -0.2) is 8.42 Å². The summed E-state index contributed by atoms with van der Waals surface area (Å²) in [6, 6.07) is 2.09. The van der Waals surface area contributed by atoms with Crippen LogP contribution in [0.15, 0.2) is 11.0 Å². The van der Waals surface area contributed by atoms with Crippen molar-refractivity contribution in [1.82, 2.24) is 4.31 Å². The van der Waals surface area contributed by atoms with Crippen LogP contribution in [0, 0.1) is 26.7 Å². The number of hydrogen-bond donors (Lipinski definition) is 1. The zero-order valence-corrected chi connectivity index (χ0v) is 13.8. The summed E-state index contributed by atoms with van der Waals surface area (Å²) in [6.07, 6.45) is 4.30. The van der Waals surface area contributed by atoms with Crippen molar-refractivity contribution < 1.29 is 8.42 Å². The monoisotopic (exact) mass is 308 g/mol. The molecule has 0 aliphatic heterocycles. The number of aryl methyl sites for hydroxylation is 2. The van der Waals surface area contributed by atoms with Gasteiger partial charge in [-0.05, 0) is 69.1 Å². The van der Waals surface area contributed by atoms with Gasteiger partial charge in [0.2, 0.25) is 10.0 Å². The van der Waals surface area contributed by atoms with Gasteiger partial charge in [0.25, 0.3) is 0 Å². The number of rotatable bonds is 5. The number of sulfonamides is 1. The van der Waals surface area contributed by atoms with Crippen molar-refractivity contribution in [3.8, 4) is 0 Å². The van der Waals surface area contributed by atoms with Crippen molar-refractivity contribution in [2.45, 2.75) is 57.4 Å². The molecular formula is C16H24N2O2S. The van der Waals surface area contributed by atoms with Crippen LogP contribution in [-0.2, 0) is 10.0 Å². The second kappa shape index (κ2) is 4.99. The second-order valence-electron chi connectivity index (χ2n) is 6.63. The van der Waals surface area contributed by atoms with Gasteiger partial charge in [-0.15, -0.1) is 0 Å². The van der Waals surface area contributed by atoms with Gasteiger partial charge in [-0.1, -0.05) is 6.07 Å². The lowest BCUT2D eigenvalue weighted by molar-refractivity contribution is 0.388. The largest absolute Gasteiger partial charge is 0.398 e. The molecule has 3 rings (SSSR count). The zero-order valence-electron chi connectivity index (χ0n) is 13.0. The molecule has 1 aromatic carbocycles. The van der Waals surface area contributed by atoms with Gasteiger partial charge in [0.15, 0.2) is 0 Å². The molecule has 0 saturated heterocycles. The van der Waals surface area contributed by atoms with Crippen molar-refractivity contribution in [2.24, 2.45) is 5.92 Å². The Balaban J connectivity index is 2.06. The fourth-order valence-corrected chi connectivity index (χ4v) is 5.26. The highest BCUT2D eigenvalue weighted by atomic mass is 32.2. The van der Waals surface area contributed by atoms with Gasteiger partial charge in [0.05, 0.1) is 4.90 Å². The molecule has 0 radical (unpaired) electrons. The van der Waals surface area contributed by atoms with Crippen LogP contribution in [0.1, 0.15) is 42.4 Å². The van der Waals surface area contributed by atoms with Crippen molar-refractivity contribution in [3.05, 3.63) is 22.8 Å². The highest BCUT2D eigenvalue weighted by molar-refractivity contribution is 7.89. The SMILES string of the molecule is Cc1cc(C)c(S(=O)(=O)N(CC2CC2)C2CC2)c(C)c1N. The fourth-order valence-electron chi connectivity index (χ4n) is 3.06. The first-order chi connectivity index (χ1) is 9.82. The molecule has 2 fully saturated rings. The maximum Gasteiger partial charge on any atom is 0.243 e. The highest BCUT2D eigenvalue weighted by Gasteiger charge is 2.42. The maximum atomic E-state index is 13.2. The van der Waals surface area contributed by atoms with Gasteiger partial charge in [-0.3, -0.25) is 0 Å². The smallest absolute Gasteiger partial charge is 0.243 e. The maximum absolute atomic E-state index is 13.2. The molecule has 2 aliphatic carbocycles. The molecule has 0 amide bonds. The van der Waals surface area contributed by atoms with E-state index in [1.807, 2.05) is 26.8 Å². The van der Waals surface area contributed by atoms with Crippen LogP contribution in [0.5, 0.6) is 0 Å². The molecule has 2 saturated carbocycles. The Hall–Kier alpha value is -1.07. The summed E-state index contributed by atoms with van der Waals surface area (Å²) in [7, 11) is -3.44. The van der Waals surface area contributed by atoms with Gasteiger partial charge in [-0.2, -0.15) is 4.31 Å². The van der Waals surface area contributed by atoms with E-state index in [4.69, 9.17) is 5.73 Å². The summed E-state index contributed by atoms with van der Waals surface area (Å²) in [6.45, 7) is 6.30. The molecule has 21 heavy (non-hydrogen) atoms. The van der Waals surface area contributed by atoms with Crippen molar-refractivity contribution in [2.75, 3.05) is 12.3 Å². The van der Waals surface area contributed by atoms with E-state index < -0.39 is 10.0 Å². The van der Waals surface area contributed by atoms with Gasteiger partial charge >= 0.3 is 0 Å². The van der Waals surface area contributed by atoms with Gasteiger partial charge < -0.3 is 5.73 Å². The number of nitrogens with two attached hydrogens (primary N) is 1. The van der Waals surface area contributed by atoms with E-state index in [0.29, 0.717) is 28.6 Å². The average molecular weight is 308 g/mol. The molecular weight excluding hydrogens is 284 g/mol. The Labute approximate surface area is 127 Å². The predicted molar refractivity (Wildman–Crippen MR) is 84.7 cm³/mol. The molecule has 116 valence electrons. The van der Waals surface area contributed by atoms with E-state index >= 15 is 0 Å². The van der Waals surface area contributed by atoms with Gasteiger partial charge in [0.1, 0.15) is 0 Å². The molecule has 0 bridgehead atoms. The Kier molecular flexibility index (Phi) is 3.53. The number of hydrogen-bond acceptors (Lipinski definition) is 3. The van der Waals surface area contributed by atoms with Crippen molar-refractivity contribution in [1.29, 1.82) is 0 Å². The number of nitrogens with zero attached hydrogens (tertiary/aromatic N) is 1. The third kappa shape index (κ3) is 2.69. The van der Waals surface area contributed by atoms with Crippen LogP contribution in [0.4, 0.5) is 5.69 Å². The molecule has 0 heterocycles. The first-order valence-electron chi connectivity index (χ1n) is 7.70. The summed E-state index contributed by atoms with van der Waals surface area (Å²) in [4.78, 5) is 0.429. The molecule has 2 N–H and O–H groups in total. The van der Waals surface area contributed by atoms with Crippen LogP contribution < -0.4 is 5.73 Å². The number of benzene rings is 1. The van der Waals surface area contributed by atoms with Crippen molar-refractivity contribution in [3.63, 3.8) is 0 Å². The van der Waals surface area contributed by atoms with E-state index in [2.05, 4.69) is 0 Å². The molecule has 0 aromatic heterocycles. The number of anilines is 1. The third-order valence-electron chi connectivity index (χ3n) is 4.62. The summed E-state index contributed by atoms with van der Waals surface area (Å²) in [5.74, 6) is 0.559. The third-order valence-corrected chi connectivity index (χ3v) is 6.83. The molecule has 5 heteroatoms. The standard InChI is InChI=1S/C16H24N2O2S/c1-10-8-11(2)16(12(3)15(10)17)21(19,20)18(14-6-7-14)9-13-4-5-13/h8,13-14H,4-7,9,17H2,1-3H3. The Bertz CT molecular complexity index is 674. The average Bonchev–Trinajstić information content (AvgIpc) is 3.24. The summed E-state index contributed by atoms with van der Waals surface area (Å²) >= 11 is 0. The van der Waals surface area contributed by atoms with E-state index in [1.54, 1.807) is 4.31 Å². The molecule has 0 unspecified atom stereocenters. The lowest BCUT2D eigenvalue weighted by atomic mass is 10.1. The van der Waals surface area contributed by atoms with Crippen LogP contribution in [0.3, 0.4) is 0 Å². The zero-order chi connectivity index (χ0) is 15.4. The van der Waals surface area contributed by atoms with E-state index in [0.717, 1.165) is 36.8 Å². The summed E-state index contributed by atoms with van der Waals surface area (Å²) < 4.78 is 28.1. The summed E-state index contributed by atoms with van der Waals surface area (Å²) in [5, 5.41) is 0. The minimum absolute atomic E-state index is 0.205. The topological polar surface area (TPSA) is 63.4 Å². The Morgan fingerprint density at radius 2 is 1.76 bits per heavy atom. The number of nitrogen functional groups attached to an aromatic ring is 1.